The average molecular weight is 213 g/mol. The van der Waals surface area contributed by atoms with Crippen molar-refractivity contribution < 1.29 is 4.74 Å². The SMILES string of the molecule is C=C(C)COCCN=C(N)NC(C)(C)C. The zero-order valence-electron chi connectivity index (χ0n) is 10.3. The van der Waals surface area contributed by atoms with Gasteiger partial charge in [0.05, 0.1) is 19.8 Å². The molecule has 0 radical (unpaired) electrons. The van der Waals surface area contributed by atoms with Crippen molar-refractivity contribution >= 4 is 5.96 Å². The van der Waals surface area contributed by atoms with Crippen LogP contribution in [0.2, 0.25) is 0 Å². The zero-order chi connectivity index (χ0) is 11.9. The van der Waals surface area contributed by atoms with Gasteiger partial charge in [-0.3, -0.25) is 4.99 Å². The van der Waals surface area contributed by atoms with Gasteiger partial charge in [0.25, 0.3) is 0 Å². The van der Waals surface area contributed by atoms with E-state index in [9.17, 15) is 0 Å². The minimum Gasteiger partial charge on any atom is -0.375 e. The third-order valence-corrected chi connectivity index (χ3v) is 1.37. The second-order valence-corrected chi connectivity index (χ2v) is 4.65. The topological polar surface area (TPSA) is 59.6 Å². The summed E-state index contributed by atoms with van der Waals surface area (Å²) in [6.45, 7) is 13.5. The summed E-state index contributed by atoms with van der Waals surface area (Å²) in [6.07, 6.45) is 0. The van der Waals surface area contributed by atoms with E-state index in [1.807, 2.05) is 27.7 Å². The molecule has 0 saturated carbocycles. The highest BCUT2D eigenvalue weighted by atomic mass is 16.5. The first-order valence-electron chi connectivity index (χ1n) is 5.11. The van der Waals surface area contributed by atoms with Gasteiger partial charge in [-0.25, -0.2) is 0 Å². The zero-order valence-corrected chi connectivity index (χ0v) is 10.3. The molecule has 88 valence electrons. The van der Waals surface area contributed by atoms with E-state index in [2.05, 4.69) is 16.9 Å². The van der Waals surface area contributed by atoms with Gasteiger partial charge in [0.1, 0.15) is 0 Å². The highest BCUT2D eigenvalue weighted by Gasteiger charge is 2.09. The molecule has 0 aromatic rings. The van der Waals surface area contributed by atoms with Crippen molar-refractivity contribution in [2.45, 2.75) is 33.2 Å². The lowest BCUT2D eigenvalue weighted by Crippen LogP contribution is -2.45. The molecule has 15 heavy (non-hydrogen) atoms. The quantitative estimate of drug-likeness (QED) is 0.313. The summed E-state index contributed by atoms with van der Waals surface area (Å²) in [5, 5.41) is 3.07. The summed E-state index contributed by atoms with van der Waals surface area (Å²) in [4.78, 5) is 4.14. The molecule has 0 aliphatic rings. The van der Waals surface area contributed by atoms with E-state index < -0.39 is 0 Å². The standard InChI is InChI=1S/C11H23N3O/c1-9(2)8-15-7-6-13-10(12)14-11(3,4)5/h1,6-8H2,2-5H3,(H3,12,13,14). The third kappa shape index (κ3) is 10.9. The van der Waals surface area contributed by atoms with Crippen molar-refractivity contribution in [1.29, 1.82) is 0 Å². The lowest BCUT2D eigenvalue weighted by Gasteiger charge is -2.20. The maximum atomic E-state index is 5.67. The molecule has 0 aliphatic carbocycles. The minimum atomic E-state index is -0.0495. The van der Waals surface area contributed by atoms with Crippen LogP contribution in [-0.4, -0.2) is 31.3 Å². The molecule has 0 rings (SSSR count). The number of rotatable bonds is 5. The van der Waals surface area contributed by atoms with Gasteiger partial charge in [0.2, 0.25) is 0 Å². The lowest BCUT2D eigenvalue weighted by atomic mass is 10.1. The smallest absolute Gasteiger partial charge is 0.189 e. The van der Waals surface area contributed by atoms with Gasteiger partial charge >= 0.3 is 0 Å². The second-order valence-electron chi connectivity index (χ2n) is 4.65. The highest BCUT2D eigenvalue weighted by molar-refractivity contribution is 5.78. The maximum Gasteiger partial charge on any atom is 0.189 e. The first-order valence-corrected chi connectivity index (χ1v) is 5.11. The third-order valence-electron chi connectivity index (χ3n) is 1.37. The Morgan fingerprint density at radius 3 is 2.53 bits per heavy atom. The first-order chi connectivity index (χ1) is 6.81. The van der Waals surface area contributed by atoms with Gasteiger partial charge in [0.15, 0.2) is 5.96 Å². The Hall–Kier alpha value is -1.03. The fraction of sp³-hybridized carbons (Fsp3) is 0.727. The van der Waals surface area contributed by atoms with Gasteiger partial charge in [0, 0.05) is 5.54 Å². The van der Waals surface area contributed by atoms with Gasteiger partial charge in [-0.15, -0.1) is 0 Å². The van der Waals surface area contributed by atoms with Crippen molar-refractivity contribution in [2.24, 2.45) is 10.7 Å². The van der Waals surface area contributed by atoms with Crippen LogP contribution in [0.1, 0.15) is 27.7 Å². The van der Waals surface area contributed by atoms with E-state index in [0.717, 1.165) is 5.57 Å². The number of nitrogens with zero attached hydrogens (tertiary/aromatic N) is 1. The van der Waals surface area contributed by atoms with Gasteiger partial charge in [-0.1, -0.05) is 12.2 Å². The second kappa shape index (κ2) is 6.45. The van der Waals surface area contributed by atoms with E-state index in [1.165, 1.54) is 0 Å². The van der Waals surface area contributed by atoms with Crippen molar-refractivity contribution in [3.05, 3.63) is 12.2 Å². The molecule has 0 fully saturated rings. The number of guanidine groups is 1. The molecular weight excluding hydrogens is 190 g/mol. The maximum absolute atomic E-state index is 5.67. The Morgan fingerprint density at radius 2 is 2.07 bits per heavy atom. The van der Waals surface area contributed by atoms with Crippen LogP contribution >= 0.6 is 0 Å². The van der Waals surface area contributed by atoms with Crippen LogP contribution in [-0.2, 0) is 4.74 Å². The molecule has 4 heteroatoms. The molecule has 0 aromatic heterocycles. The molecule has 0 saturated heterocycles. The largest absolute Gasteiger partial charge is 0.375 e. The minimum absolute atomic E-state index is 0.0495. The Kier molecular flexibility index (Phi) is 6.01. The molecule has 0 heterocycles. The average Bonchev–Trinajstić information content (AvgIpc) is 1.99. The Labute approximate surface area is 92.6 Å². The molecule has 3 N–H and O–H groups in total. The van der Waals surface area contributed by atoms with E-state index >= 15 is 0 Å². The van der Waals surface area contributed by atoms with Gasteiger partial charge < -0.3 is 15.8 Å². The number of ether oxygens (including phenoxy) is 1. The number of nitrogens with one attached hydrogen (secondary N) is 1. The van der Waals surface area contributed by atoms with E-state index in [4.69, 9.17) is 10.5 Å². The normalized spacial score (nSPS) is 12.7. The Morgan fingerprint density at radius 1 is 1.47 bits per heavy atom. The molecule has 0 atom stereocenters. The number of nitrogens with two attached hydrogens (primary N) is 1. The predicted octanol–water partition coefficient (Wildman–Crippen LogP) is 1.28. The van der Waals surface area contributed by atoms with E-state index in [0.29, 0.717) is 25.7 Å². The van der Waals surface area contributed by atoms with Gasteiger partial charge in [-0.05, 0) is 27.7 Å². The number of aliphatic imine (C=N–C) groups is 1. The van der Waals surface area contributed by atoms with E-state index in [-0.39, 0.29) is 5.54 Å². The summed E-state index contributed by atoms with van der Waals surface area (Å²) in [5.74, 6) is 0.460. The molecule has 0 bridgehead atoms. The van der Waals surface area contributed by atoms with Crippen LogP contribution in [0.3, 0.4) is 0 Å². The van der Waals surface area contributed by atoms with Crippen molar-refractivity contribution in [2.75, 3.05) is 19.8 Å². The molecule has 0 aromatic carbocycles. The van der Waals surface area contributed by atoms with E-state index in [1.54, 1.807) is 0 Å². The van der Waals surface area contributed by atoms with Crippen LogP contribution in [0.4, 0.5) is 0 Å². The number of hydrogen-bond donors (Lipinski definition) is 2. The summed E-state index contributed by atoms with van der Waals surface area (Å²) >= 11 is 0. The summed E-state index contributed by atoms with van der Waals surface area (Å²) < 4.78 is 5.29. The fourth-order valence-electron chi connectivity index (χ4n) is 0.901. The monoisotopic (exact) mass is 213 g/mol. The molecular formula is C11H23N3O. The molecule has 4 nitrogen and oxygen atoms in total. The summed E-state index contributed by atoms with van der Waals surface area (Å²) in [7, 11) is 0. The predicted molar refractivity (Wildman–Crippen MR) is 65.0 cm³/mol. The van der Waals surface area contributed by atoms with Crippen LogP contribution in [0.15, 0.2) is 17.1 Å². The Bertz CT molecular complexity index is 228. The van der Waals surface area contributed by atoms with Crippen LogP contribution in [0.25, 0.3) is 0 Å². The summed E-state index contributed by atoms with van der Waals surface area (Å²) in [5.41, 5.74) is 6.63. The molecule has 0 aliphatic heterocycles. The molecule has 0 unspecified atom stereocenters. The van der Waals surface area contributed by atoms with Crippen LogP contribution < -0.4 is 11.1 Å². The van der Waals surface area contributed by atoms with Crippen LogP contribution in [0, 0.1) is 0 Å². The van der Waals surface area contributed by atoms with Crippen LogP contribution in [0.5, 0.6) is 0 Å². The lowest BCUT2D eigenvalue weighted by molar-refractivity contribution is 0.164. The molecule has 0 amide bonds. The molecule has 0 spiro atoms. The Balaban J connectivity index is 3.63. The van der Waals surface area contributed by atoms with Crippen molar-refractivity contribution in [1.82, 2.24) is 5.32 Å². The fourth-order valence-corrected chi connectivity index (χ4v) is 0.901. The first kappa shape index (κ1) is 14.0. The van der Waals surface area contributed by atoms with Gasteiger partial charge in [-0.2, -0.15) is 0 Å². The highest BCUT2D eigenvalue weighted by Crippen LogP contribution is 1.96. The van der Waals surface area contributed by atoms with Crippen molar-refractivity contribution in [3.8, 4) is 0 Å². The van der Waals surface area contributed by atoms with Crippen molar-refractivity contribution in [3.63, 3.8) is 0 Å². The summed E-state index contributed by atoms with van der Waals surface area (Å²) in [6, 6.07) is 0. The number of hydrogen-bond acceptors (Lipinski definition) is 2.